The van der Waals surface area contributed by atoms with Crippen LogP contribution in [-0.4, -0.2) is 13.1 Å². The Morgan fingerprint density at radius 3 is 2.62 bits per heavy atom. The number of hydrogen-bond acceptors (Lipinski definition) is 1. The van der Waals surface area contributed by atoms with Crippen molar-refractivity contribution in [1.82, 2.24) is 5.32 Å². The molecule has 0 aromatic carbocycles. The molecule has 13 heavy (non-hydrogen) atoms. The molecule has 0 unspecified atom stereocenters. The van der Waals surface area contributed by atoms with E-state index in [-0.39, 0.29) is 0 Å². The maximum Gasteiger partial charge on any atom is 0.0211 e. The zero-order chi connectivity index (χ0) is 9.84. The number of nitrogens with one attached hydrogen (secondary N) is 1. The Hall–Kier alpha value is -0.820. The predicted octanol–water partition coefficient (Wildman–Crippen LogP) is 2.82. The zero-order valence-electron chi connectivity index (χ0n) is 8.91. The van der Waals surface area contributed by atoms with Crippen LogP contribution >= 0.6 is 0 Å². The van der Waals surface area contributed by atoms with E-state index in [0.717, 1.165) is 19.5 Å². The van der Waals surface area contributed by atoms with Crippen LogP contribution in [0.5, 0.6) is 0 Å². The summed E-state index contributed by atoms with van der Waals surface area (Å²) in [5.74, 6) is 0. The number of hydrogen-bond donors (Lipinski definition) is 1. The van der Waals surface area contributed by atoms with Gasteiger partial charge in [-0.1, -0.05) is 30.7 Å². The Kier molecular flexibility index (Phi) is 3.49. The summed E-state index contributed by atoms with van der Waals surface area (Å²) in [5.41, 5.74) is 5.46. The van der Waals surface area contributed by atoms with Crippen LogP contribution in [0, 0.1) is 0 Å². The lowest BCUT2D eigenvalue weighted by molar-refractivity contribution is 0.895. The molecule has 1 aliphatic heterocycles. The van der Waals surface area contributed by atoms with E-state index in [1.165, 1.54) is 22.3 Å². The Balaban J connectivity index is 2.81. The van der Waals surface area contributed by atoms with Crippen molar-refractivity contribution in [2.24, 2.45) is 0 Å². The highest BCUT2D eigenvalue weighted by Gasteiger charge is 2.09. The molecule has 0 radical (unpaired) electrons. The van der Waals surface area contributed by atoms with Gasteiger partial charge in [0.1, 0.15) is 0 Å². The van der Waals surface area contributed by atoms with Gasteiger partial charge in [-0.25, -0.2) is 0 Å². The Morgan fingerprint density at radius 1 is 1.46 bits per heavy atom. The molecule has 0 saturated carbocycles. The molecule has 0 atom stereocenters. The zero-order valence-corrected chi connectivity index (χ0v) is 8.91. The van der Waals surface area contributed by atoms with E-state index in [4.69, 9.17) is 0 Å². The van der Waals surface area contributed by atoms with Gasteiger partial charge in [0.2, 0.25) is 0 Å². The smallest absolute Gasteiger partial charge is 0.0211 e. The molecule has 1 fully saturated rings. The van der Waals surface area contributed by atoms with Crippen LogP contribution in [0.25, 0.3) is 0 Å². The first-order valence-corrected chi connectivity index (χ1v) is 4.91. The summed E-state index contributed by atoms with van der Waals surface area (Å²) in [6.07, 6.45) is 3.40. The minimum atomic E-state index is 0.949. The Labute approximate surface area is 81.2 Å². The fourth-order valence-corrected chi connectivity index (χ4v) is 1.40. The van der Waals surface area contributed by atoms with Gasteiger partial charge in [0.05, 0.1) is 0 Å². The monoisotopic (exact) mass is 177 g/mol. The second-order valence-corrected chi connectivity index (χ2v) is 3.69. The molecule has 1 aliphatic rings. The highest BCUT2D eigenvalue weighted by molar-refractivity contribution is 5.41. The SMILES string of the molecule is C=C1CNC/C1=C/C(C)=C(\C)CC. The van der Waals surface area contributed by atoms with Crippen molar-refractivity contribution in [3.05, 3.63) is 34.9 Å². The Morgan fingerprint density at radius 2 is 2.15 bits per heavy atom. The van der Waals surface area contributed by atoms with E-state index in [2.05, 4.69) is 38.7 Å². The van der Waals surface area contributed by atoms with Crippen molar-refractivity contribution >= 4 is 0 Å². The molecule has 0 aliphatic carbocycles. The first-order chi connectivity index (χ1) is 6.15. The van der Waals surface area contributed by atoms with Gasteiger partial charge in [0, 0.05) is 13.1 Å². The minimum absolute atomic E-state index is 0.949. The fourth-order valence-electron chi connectivity index (χ4n) is 1.40. The number of rotatable bonds is 2. The molecular formula is C12H19N. The van der Waals surface area contributed by atoms with Gasteiger partial charge in [-0.05, 0) is 31.4 Å². The second-order valence-electron chi connectivity index (χ2n) is 3.69. The molecule has 1 nitrogen and oxygen atoms in total. The topological polar surface area (TPSA) is 12.0 Å². The molecule has 1 heteroatoms. The van der Waals surface area contributed by atoms with Crippen molar-refractivity contribution in [2.45, 2.75) is 27.2 Å². The van der Waals surface area contributed by atoms with Crippen LogP contribution in [0.15, 0.2) is 34.9 Å². The normalized spacial score (nSPS) is 22.4. The lowest BCUT2D eigenvalue weighted by atomic mass is 10.0. The van der Waals surface area contributed by atoms with Gasteiger partial charge in [0.15, 0.2) is 0 Å². The maximum atomic E-state index is 4.02. The summed E-state index contributed by atoms with van der Waals surface area (Å²) >= 11 is 0. The average molecular weight is 177 g/mol. The van der Waals surface area contributed by atoms with Crippen molar-refractivity contribution in [1.29, 1.82) is 0 Å². The van der Waals surface area contributed by atoms with Gasteiger partial charge in [-0.15, -0.1) is 0 Å². The predicted molar refractivity (Wildman–Crippen MR) is 58.8 cm³/mol. The highest BCUT2D eigenvalue weighted by Crippen LogP contribution is 2.17. The van der Waals surface area contributed by atoms with Crippen LogP contribution in [0.2, 0.25) is 0 Å². The molecule has 0 aromatic rings. The van der Waals surface area contributed by atoms with Gasteiger partial charge in [0.25, 0.3) is 0 Å². The largest absolute Gasteiger partial charge is 0.309 e. The van der Waals surface area contributed by atoms with Gasteiger partial charge in [-0.2, -0.15) is 0 Å². The van der Waals surface area contributed by atoms with E-state index >= 15 is 0 Å². The molecule has 1 heterocycles. The lowest BCUT2D eigenvalue weighted by Gasteiger charge is -2.02. The summed E-state index contributed by atoms with van der Waals surface area (Å²) in [6, 6.07) is 0. The van der Waals surface area contributed by atoms with Crippen molar-refractivity contribution in [2.75, 3.05) is 13.1 Å². The first-order valence-electron chi connectivity index (χ1n) is 4.91. The third-order valence-corrected chi connectivity index (χ3v) is 2.70. The van der Waals surface area contributed by atoms with Crippen LogP contribution in [-0.2, 0) is 0 Å². The quantitative estimate of drug-likeness (QED) is 0.684. The molecule has 1 N–H and O–H groups in total. The second kappa shape index (κ2) is 4.43. The first kappa shape index (κ1) is 10.3. The van der Waals surface area contributed by atoms with E-state index < -0.39 is 0 Å². The molecule has 1 rings (SSSR count). The summed E-state index contributed by atoms with van der Waals surface area (Å²) < 4.78 is 0. The standard InChI is InChI=1S/C12H19N/c1-5-9(2)10(3)6-12-8-13-7-11(12)4/h6,13H,4-5,7-8H2,1-3H3/b10-9+,12-6-. The molecule has 72 valence electrons. The third-order valence-electron chi connectivity index (χ3n) is 2.70. The van der Waals surface area contributed by atoms with Crippen molar-refractivity contribution < 1.29 is 0 Å². The van der Waals surface area contributed by atoms with Gasteiger partial charge < -0.3 is 5.32 Å². The van der Waals surface area contributed by atoms with E-state index in [9.17, 15) is 0 Å². The summed E-state index contributed by atoms with van der Waals surface area (Å²) in [7, 11) is 0. The average Bonchev–Trinajstić information content (AvgIpc) is 2.50. The summed E-state index contributed by atoms with van der Waals surface area (Å²) in [4.78, 5) is 0. The van der Waals surface area contributed by atoms with Crippen LogP contribution in [0.3, 0.4) is 0 Å². The van der Waals surface area contributed by atoms with Gasteiger partial charge in [-0.3, -0.25) is 0 Å². The van der Waals surface area contributed by atoms with Crippen LogP contribution < -0.4 is 5.32 Å². The molecule has 1 saturated heterocycles. The maximum absolute atomic E-state index is 4.02. The molecule has 0 amide bonds. The lowest BCUT2D eigenvalue weighted by Crippen LogP contribution is -2.04. The van der Waals surface area contributed by atoms with E-state index in [1.807, 2.05) is 0 Å². The van der Waals surface area contributed by atoms with E-state index in [0.29, 0.717) is 0 Å². The highest BCUT2D eigenvalue weighted by atomic mass is 14.9. The van der Waals surface area contributed by atoms with Crippen molar-refractivity contribution in [3.8, 4) is 0 Å². The number of allylic oxidation sites excluding steroid dienone is 3. The molecule has 0 bridgehead atoms. The van der Waals surface area contributed by atoms with E-state index in [1.54, 1.807) is 0 Å². The van der Waals surface area contributed by atoms with Crippen molar-refractivity contribution in [3.63, 3.8) is 0 Å². The summed E-state index contributed by atoms with van der Waals surface area (Å²) in [6.45, 7) is 12.5. The molecular weight excluding hydrogens is 158 g/mol. The minimum Gasteiger partial charge on any atom is -0.309 e. The third kappa shape index (κ3) is 2.56. The van der Waals surface area contributed by atoms with Crippen LogP contribution in [0.1, 0.15) is 27.2 Å². The Bertz CT molecular complexity index is 269. The van der Waals surface area contributed by atoms with Crippen LogP contribution in [0.4, 0.5) is 0 Å². The fraction of sp³-hybridized carbons (Fsp3) is 0.500. The molecule has 0 aromatic heterocycles. The summed E-state index contributed by atoms with van der Waals surface area (Å²) in [5, 5.41) is 3.29. The van der Waals surface area contributed by atoms with Gasteiger partial charge >= 0.3 is 0 Å². The molecule has 0 spiro atoms.